The van der Waals surface area contributed by atoms with Gasteiger partial charge in [-0.3, -0.25) is 4.98 Å². The Kier molecular flexibility index (Phi) is 4.73. The van der Waals surface area contributed by atoms with E-state index in [2.05, 4.69) is 52.7 Å². The average molecular weight is 317 g/mol. The highest BCUT2D eigenvalue weighted by Crippen LogP contribution is 2.41. The zero-order valence-corrected chi connectivity index (χ0v) is 15.8. The first-order valence-corrected chi connectivity index (χ1v) is 10.9. The van der Waals surface area contributed by atoms with Crippen LogP contribution >= 0.6 is 0 Å². The van der Waals surface area contributed by atoms with Crippen LogP contribution in [0.2, 0.25) is 18.1 Å². The van der Waals surface area contributed by atoms with Gasteiger partial charge >= 0.3 is 0 Å². The molecule has 0 saturated heterocycles. The SMILES string of the molecule is CC(C)C(O[Si](C)(C)C(C)(C)C)c1cnc2ccccc2n1. The molecule has 120 valence electrons. The number of hydrogen-bond acceptors (Lipinski definition) is 3. The molecule has 22 heavy (non-hydrogen) atoms. The average Bonchev–Trinajstić information content (AvgIpc) is 2.43. The lowest BCUT2D eigenvalue weighted by molar-refractivity contribution is 0.131. The second-order valence-electron chi connectivity index (χ2n) is 7.83. The smallest absolute Gasteiger partial charge is 0.193 e. The van der Waals surface area contributed by atoms with Crippen LogP contribution in [0.3, 0.4) is 0 Å². The minimum atomic E-state index is -1.85. The van der Waals surface area contributed by atoms with Gasteiger partial charge in [0, 0.05) is 0 Å². The molecule has 2 rings (SSSR count). The summed E-state index contributed by atoms with van der Waals surface area (Å²) >= 11 is 0. The summed E-state index contributed by atoms with van der Waals surface area (Å²) in [4.78, 5) is 9.35. The fourth-order valence-electron chi connectivity index (χ4n) is 2.14. The highest BCUT2D eigenvalue weighted by atomic mass is 28.4. The molecule has 0 fully saturated rings. The van der Waals surface area contributed by atoms with Gasteiger partial charge in [-0.1, -0.05) is 46.8 Å². The molecule has 0 aliphatic carbocycles. The number of para-hydroxylation sites is 2. The van der Waals surface area contributed by atoms with Crippen molar-refractivity contribution in [3.63, 3.8) is 0 Å². The van der Waals surface area contributed by atoms with Crippen LogP contribution in [0.15, 0.2) is 30.5 Å². The van der Waals surface area contributed by atoms with Crippen molar-refractivity contribution in [3.05, 3.63) is 36.2 Å². The quantitative estimate of drug-likeness (QED) is 0.713. The molecule has 0 aliphatic heterocycles. The third-order valence-corrected chi connectivity index (χ3v) is 9.05. The van der Waals surface area contributed by atoms with E-state index in [-0.39, 0.29) is 11.1 Å². The van der Waals surface area contributed by atoms with E-state index in [1.807, 2.05) is 30.5 Å². The molecule has 3 nitrogen and oxygen atoms in total. The normalized spacial score (nSPS) is 14.5. The number of benzene rings is 1. The fourth-order valence-corrected chi connectivity index (χ4v) is 3.52. The summed E-state index contributed by atoms with van der Waals surface area (Å²) in [6.45, 7) is 15.8. The van der Waals surface area contributed by atoms with Crippen LogP contribution in [0.25, 0.3) is 11.0 Å². The van der Waals surface area contributed by atoms with Crippen molar-refractivity contribution in [1.82, 2.24) is 9.97 Å². The molecule has 1 aromatic carbocycles. The Morgan fingerprint density at radius 3 is 2.18 bits per heavy atom. The molecular weight excluding hydrogens is 288 g/mol. The Morgan fingerprint density at radius 1 is 1.05 bits per heavy atom. The van der Waals surface area contributed by atoms with Gasteiger partial charge in [0.05, 0.1) is 29.0 Å². The number of fused-ring (bicyclic) bond motifs is 1. The van der Waals surface area contributed by atoms with E-state index in [0.717, 1.165) is 16.7 Å². The topological polar surface area (TPSA) is 35.0 Å². The number of aromatic nitrogens is 2. The Hall–Kier alpha value is -1.26. The Bertz CT molecular complexity index is 647. The zero-order chi connectivity index (χ0) is 16.5. The van der Waals surface area contributed by atoms with E-state index in [9.17, 15) is 0 Å². The standard InChI is InChI=1S/C18H28N2OSi/c1-13(2)17(21-22(6,7)18(3,4)5)16-12-19-14-10-8-9-11-15(14)20-16/h8-13,17H,1-7H3. The van der Waals surface area contributed by atoms with Crippen LogP contribution in [0, 0.1) is 5.92 Å². The van der Waals surface area contributed by atoms with Gasteiger partial charge in [0.2, 0.25) is 0 Å². The number of hydrogen-bond donors (Lipinski definition) is 0. The molecule has 1 heterocycles. The summed E-state index contributed by atoms with van der Waals surface area (Å²) in [5, 5.41) is 0.185. The Morgan fingerprint density at radius 2 is 1.64 bits per heavy atom. The van der Waals surface area contributed by atoms with Gasteiger partial charge in [-0.15, -0.1) is 0 Å². The maximum absolute atomic E-state index is 6.64. The fraction of sp³-hybridized carbons (Fsp3) is 0.556. The van der Waals surface area contributed by atoms with Crippen LogP contribution in [0.1, 0.15) is 46.4 Å². The van der Waals surface area contributed by atoms with Gasteiger partial charge in [0.25, 0.3) is 0 Å². The molecule has 1 aromatic heterocycles. The first kappa shape index (κ1) is 17.1. The van der Waals surface area contributed by atoms with E-state index >= 15 is 0 Å². The minimum Gasteiger partial charge on any atom is -0.408 e. The van der Waals surface area contributed by atoms with Crippen molar-refractivity contribution in [2.24, 2.45) is 5.92 Å². The summed E-state index contributed by atoms with van der Waals surface area (Å²) in [5.74, 6) is 0.365. The first-order chi connectivity index (χ1) is 10.1. The van der Waals surface area contributed by atoms with Crippen molar-refractivity contribution >= 4 is 19.4 Å². The van der Waals surface area contributed by atoms with Crippen molar-refractivity contribution < 1.29 is 4.43 Å². The molecule has 0 N–H and O–H groups in total. The third-order valence-electron chi connectivity index (χ3n) is 4.59. The molecule has 0 aliphatic rings. The Balaban J connectivity index is 2.38. The predicted molar refractivity (Wildman–Crippen MR) is 95.4 cm³/mol. The molecule has 1 atom stereocenters. The molecule has 1 unspecified atom stereocenters. The monoisotopic (exact) mass is 316 g/mol. The summed E-state index contributed by atoms with van der Waals surface area (Å²) in [6.07, 6.45) is 1.87. The van der Waals surface area contributed by atoms with Crippen molar-refractivity contribution in [3.8, 4) is 0 Å². The number of nitrogens with zero attached hydrogens (tertiary/aromatic N) is 2. The number of rotatable bonds is 4. The summed E-state index contributed by atoms with van der Waals surface area (Å²) in [5.41, 5.74) is 2.81. The molecule has 0 saturated carbocycles. The van der Waals surface area contributed by atoms with Gasteiger partial charge in [0.15, 0.2) is 8.32 Å². The van der Waals surface area contributed by atoms with Gasteiger partial charge in [-0.05, 0) is 36.2 Å². The molecule has 0 amide bonds. The predicted octanol–water partition coefficient (Wildman–Crippen LogP) is 5.35. The lowest BCUT2D eigenvalue weighted by Crippen LogP contribution is -2.42. The molecule has 0 radical (unpaired) electrons. The molecule has 4 heteroatoms. The maximum Gasteiger partial charge on any atom is 0.193 e. The first-order valence-electron chi connectivity index (χ1n) is 8.01. The van der Waals surface area contributed by atoms with E-state index in [1.165, 1.54) is 0 Å². The maximum atomic E-state index is 6.64. The van der Waals surface area contributed by atoms with E-state index in [0.29, 0.717) is 5.92 Å². The lowest BCUT2D eigenvalue weighted by atomic mass is 10.0. The van der Waals surface area contributed by atoms with Crippen LogP contribution in [-0.2, 0) is 4.43 Å². The second-order valence-corrected chi connectivity index (χ2v) is 12.6. The largest absolute Gasteiger partial charge is 0.408 e. The summed E-state index contributed by atoms with van der Waals surface area (Å²) < 4.78 is 6.64. The van der Waals surface area contributed by atoms with E-state index in [4.69, 9.17) is 9.41 Å². The Labute approximate surface area is 135 Å². The minimum absolute atomic E-state index is 0.00185. The van der Waals surface area contributed by atoms with Gasteiger partial charge in [-0.2, -0.15) is 0 Å². The van der Waals surface area contributed by atoms with E-state index in [1.54, 1.807) is 0 Å². The molecule has 0 spiro atoms. The summed E-state index contributed by atoms with van der Waals surface area (Å²) in [6, 6.07) is 7.99. The summed E-state index contributed by atoms with van der Waals surface area (Å²) in [7, 11) is -1.85. The van der Waals surface area contributed by atoms with Gasteiger partial charge < -0.3 is 4.43 Å². The zero-order valence-electron chi connectivity index (χ0n) is 14.8. The van der Waals surface area contributed by atoms with Crippen LogP contribution in [0.5, 0.6) is 0 Å². The molecule has 2 aromatic rings. The van der Waals surface area contributed by atoms with Crippen molar-refractivity contribution in [1.29, 1.82) is 0 Å². The molecule has 0 bridgehead atoms. The van der Waals surface area contributed by atoms with Crippen LogP contribution in [0.4, 0.5) is 0 Å². The van der Waals surface area contributed by atoms with Crippen LogP contribution in [-0.4, -0.2) is 18.3 Å². The third kappa shape index (κ3) is 3.55. The van der Waals surface area contributed by atoms with Gasteiger partial charge in [0.1, 0.15) is 0 Å². The van der Waals surface area contributed by atoms with E-state index < -0.39 is 8.32 Å². The molecular formula is C18H28N2OSi. The van der Waals surface area contributed by atoms with Crippen LogP contribution < -0.4 is 0 Å². The van der Waals surface area contributed by atoms with Crippen molar-refractivity contribution in [2.45, 2.75) is 58.9 Å². The highest BCUT2D eigenvalue weighted by molar-refractivity contribution is 6.74. The lowest BCUT2D eigenvalue weighted by Gasteiger charge is -2.40. The second kappa shape index (κ2) is 6.09. The van der Waals surface area contributed by atoms with Gasteiger partial charge in [-0.25, -0.2) is 4.98 Å². The highest BCUT2D eigenvalue weighted by Gasteiger charge is 2.40. The van der Waals surface area contributed by atoms with Crippen molar-refractivity contribution in [2.75, 3.05) is 0 Å².